The highest BCUT2D eigenvalue weighted by molar-refractivity contribution is 6.01. The molecule has 2 heterocycles. The van der Waals surface area contributed by atoms with Crippen LogP contribution < -0.4 is 31.3 Å². The molecule has 42 heavy (non-hydrogen) atoms. The number of ether oxygens (including phenoxy) is 1. The molecular formula is C29H42N6O7. The Kier molecular flexibility index (Phi) is 11.3. The molecule has 2 atom stereocenters. The van der Waals surface area contributed by atoms with Crippen molar-refractivity contribution in [3.8, 4) is 5.75 Å². The Balaban J connectivity index is 1.80. The SMILES string of the molecule is CC(C)[C@H]1NC(=O)C(C)(C)NC(=O)C[C@@H](C(=O)NCCCN2CCCC2=O)NC(=O)c2ccccc2OCCNC1=O. The lowest BCUT2D eigenvalue weighted by atomic mass is 9.99. The van der Waals surface area contributed by atoms with Crippen LogP contribution in [0.2, 0.25) is 0 Å². The molecule has 1 aromatic carbocycles. The van der Waals surface area contributed by atoms with E-state index in [4.69, 9.17) is 4.74 Å². The van der Waals surface area contributed by atoms with Gasteiger partial charge in [0.1, 0.15) is 30.0 Å². The Bertz CT molecular complexity index is 1180. The average Bonchev–Trinajstić information content (AvgIpc) is 3.34. The summed E-state index contributed by atoms with van der Waals surface area (Å²) in [6.07, 6.45) is 1.41. The van der Waals surface area contributed by atoms with Gasteiger partial charge >= 0.3 is 0 Å². The van der Waals surface area contributed by atoms with Crippen LogP contribution in [0, 0.1) is 5.92 Å². The minimum Gasteiger partial charge on any atom is -0.491 e. The summed E-state index contributed by atoms with van der Waals surface area (Å²) < 4.78 is 5.76. The quantitative estimate of drug-likeness (QED) is 0.288. The van der Waals surface area contributed by atoms with Crippen molar-refractivity contribution in [3.63, 3.8) is 0 Å². The Hall–Kier alpha value is -4.16. The molecule has 1 fully saturated rings. The second kappa shape index (κ2) is 14.6. The van der Waals surface area contributed by atoms with Gasteiger partial charge in [0.05, 0.1) is 18.5 Å². The first-order chi connectivity index (χ1) is 19.9. The zero-order valence-electron chi connectivity index (χ0n) is 24.7. The second-order valence-corrected chi connectivity index (χ2v) is 11.4. The van der Waals surface area contributed by atoms with Gasteiger partial charge < -0.3 is 36.2 Å². The number of hydrogen-bond donors (Lipinski definition) is 5. The van der Waals surface area contributed by atoms with Crippen LogP contribution in [-0.4, -0.2) is 90.8 Å². The Morgan fingerprint density at radius 1 is 1.12 bits per heavy atom. The molecule has 1 aromatic rings. The average molecular weight is 587 g/mol. The minimum absolute atomic E-state index is 0.0454. The van der Waals surface area contributed by atoms with Crippen LogP contribution in [0.15, 0.2) is 24.3 Å². The van der Waals surface area contributed by atoms with E-state index in [9.17, 15) is 28.8 Å². The van der Waals surface area contributed by atoms with Crippen molar-refractivity contribution in [1.82, 2.24) is 31.5 Å². The first-order valence-electron chi connectivity index (χ1n) is 14.4. The van der Waals surface area contributed by atoms with E-state index in [0.29, 0.717) is 25.9 Å². The van der Waals surface area contributed by atoms with Crippen LogP contribution >= 0.6 is 0 Å². The predicted octanol–water partition coefficient (Wildman–Crippen LogP) is -0.152. The van der Waals surface area contributed by atoms with Crippen LogP contribution in [0.25, 0.3) is 0 Å². The Morgan fingerprint density at radius 3 is 2.55 bits per heavy atom. The summed E-state index contributed by atoms with van der Waals surface area (Å²) in [6.45, 7) is 8.14. The number of amides is 6. The molecule has 2 aliphatic rings. The zero-order chi connectivity index (χ0) is 30.9. The molecule has 0 aliphatic carbocycles. The highest BCUT2D eigenvalue weighted by Gasteiger charge is 2.35. The summed E-state index contributed by atoms with van der Waals surface area (Å²) in [5, 5.41) is 13.4. The van der Waals surface area contributed by atoms with Crippen LogP contribution in [-0.2, 0) is 24.0 Å². The van der Waals surface area contributed by atoms with Crippen LogP contribution in [0.4, 0.5) is 0 Å². The zero-order valence-corrected chi connectivity index (χ0v) is 24.7. The fourth-order valence-corrected chi connectivity index (χ4v) is 4.71. The van der Waals surface area contributed by atoms with Crippen LogP contribution in [0.3, 0.4) is 0 Å². The maximum absolute atomic E-state index is 13.3. The highest BCUT2D eigenvalue weighted by atomic mass is 16.5. The van der Waals surface area contributed by atoms with Crippen molar-refractivity contribution in [2.24, 2.45) is 5.92 Å². The molecule has 2 aliphatic heterocycles. The minimum atomic E-state index is -1.43. The van der Waals surface area contributed by atoms with Crippen LogP contribution in [0.5, 0.6) is 5.75 Å². The third-order valence-electron chi connectivity index (χ3n) is 7.13. The van der Waals surface area contributed by atoms with Crippen molar-refractivity contribution in [2.75, 3.05) is 32.8 Å². The number of benzene rings is 1. The van der Waals surface area contributed by atoms with E-state index in [1.54, 1.807) is 36.9 Å². The third-order valence-corrected chi connectivity index (χ3v) is 7.13. The standard InChI is InChI=1S/C29H42N6O7/c1-18(2)24-27(40)31-13-16-42-21-10-6-5-9-19(21)25(38)32-20(17-22(36)34-29(3,4)28(41)33-24)26(39)30-12-8-15-35-14-7-11-23(35)37/h5-6,9-10,18,20,24H,7-8,11-17H2,1-4H3,(H,30,39)(H,31,40)(H,32,38)(H,33,41)(H,34,36)/t20-,24+/m0/s1. The molecule has 5 N–H and O–H groups in total. The molecule has 0 unspecified atom stereocenters. The second-order valence-electron chi connectivity index (χ2n) is 11.4. The number of para-hydroxylation sites is 1. The van der Waals surface area contributed by atoms with Gasteiger partial charge in [-0.15, -0.1) is 0 Å². The predicted molar refractivity (Wildman–Crippen MR) is 153 cm³/mol. The third kappa shape index (κ3) is 8.92. The van der Waals surface area contributed by atoms with Crippen molar-refractivity contribution in [2.45, 2.75) is 71.0 Å². The summed E-state index contributed by atoms with van der Waals surface area (Å²) >= 11 is 0. The fraction of sp³-hybridized carbons (Fsp3) is 0.586. The van der Waals surface area contributed by atoms with E-state index < -0.39 is 53.6 Å². The summed E-state index contributed by atoms with van der Waals surface area (Å²) in [5.41, 5.74) is -1.28. The fourth-order valence-electron chi connectivity index (χ4n) is 4.71. The number of nitrogens with one attached hydrogen (secondary N) is 5. The lowest BCUT2D eigenvalue weighted by Gasteiger charge is -2.30. The van der Waals surface area contributed by atoms with E-state index in [0.717, 1.165) is 6.42 Å². The maximum Gasteiger partial charge on any atom is 0.255 e. The van der Waals surface area contributed by atoms with Gasteiger partial charge in [-0.1, -0.05) is 26.0 Å². The van der Waals surface area contributed by atoms with Crippen molar-refractivity contribution in [3.05, 3.63) is 29.8 Å². The van der Waals surface area contributed by atoms with Gasteiger partial charge in [-0.2, -0.15) is 0 Å². The number of rotatable bonds is 6. The number of nitrogens with zero attached hydrogens (tertiary/aromatic N) is 1. The largest absolute Gasteiger partial charge is 0.491 e. The molecule has 0 saturated carbocycles. The van der Waals surface area contributed by atoms with Gasteiger partial charge in [0.15, 0.2) is 0 Å². The van der Waals surface area contributed by atoms with E-state index in [1.165, 1.54) is 19.9 Å². The maximum atomic E-state index is 13.3. The van der Waals surface area contributed by atoms with E-state index in [1.807, 2.05) is 0 Å². The summed E-state index contributed by atoms with van der Waals surface area (Å²) in [4.78, 5) is 79.1. The molecule has 13 heteroatoms. The summed E-state index contributed by atoms with van der Waals surface area (Å²) in [7, 11) is 0. The lowest BCUT2D eigenvalue weighted by molar-refractivity contribution is -0.136. The molecule has 0 aromatic heterocycles. The van der Waals surface area contributed by atoms with E-state index in [2.05, 4.69) is 26.6 Å². The number of likely N-dealkylation sites (tertiary alicyclic amines) is 1. The normalized spacial score (nSPS) is 22.2. The number of carbonyl (C=O) groups is 6. The molecule has 230 valence electrons. The molecule has 3 rings (SSSR count). The topological polar surface area (TPSA) is 175 Å². The van der Waals surface area contributed by atoms with Crippen molar-refractivity contribution < 1.29 is 33.5 Å². The molecule has 0 radical (unpaired) electrons. The van der Waals surface area contributed by atoms with Gasteiger partial charge in [-0.25, -0.2) is 0 Å². The lowest BCUT2D eigenvalue weighted by Crippen LogP contribution is -2.60. The van der Waals surface area contributed by atoms with Crippen molar-refractivity contribution in [1.29, 1.82) is 0 Å². The number of carbonyl (C=O) groups excluding carboxylic acids is 6. The smallest absolute Gasteiger partial charge is 0.255 e. The molecule has 0 bridgehead atoms. The summed E-state index contributed by atoms with van der Waals surface area (Å²) in [6, 6.07) is 4.31. The Labute approximate surface area is 245 Å². The van der Waals surface area contributed by atoms with E-state index >= 15 is 0 Å². The van der Waals surface area contributed by atoms with E-state index in [-0.39, 0.29) is 42.8 Å². The first-order valence-corrected chi connectivity index (χ1v) is 14.4. The highest BCUT2D eigenvalue weighted by Crippen LogP contribution is 2.18. The first kappa shape index (κ1) is 32.4. The molecule has 6 amide bonds. The van der Waals surface area contributed by atoms with Crippen LogP contribution in [0.1, 0.15) is 63.7 Å². The molecule has 1 saturated heterocycles. The monoisotopic (exact) mass is 586 g/mol. The van der Waals surface area contributed by atoms with Gasteiger partial charge in [-0.05, 0) is 44.7 Å². The van der Waals surface area contributed by atoms with Gasteiger partial charge in [0.2, 0.25) is 29.5 Å². The van der Waals surface area contributed by atoms with Gasteiger partial charge in [0.25, 0.3) is 5.91 Å². The summed E-state index contributed by atoms with van der Waals surface area (Å²) in [5.74, 6) is -2.79. The van der Waals surface area contributed by atoms with Crippen molar-refractivity contribution >= 4 is 35.4 Å². The van der Waals surface area contributed by atoms with Gasteiger partial charge in [0, 0.05) is 26.1 Å². The van der Waals surface area contributed by atoms with Gasteiger partial charge in [-0.3, -0.25) is 28.8 Å². The Morgan fingerprint density at radius 2 is 1.86 bits per heavy atom. The molecular weight excluding hydrogens is 544 g/mol. The number of hydrogen-bond acceptors (Lipinski definition) is 7. The number of fused-ring (bicyclic) bond motifs is 1. The molecule has 13 nitrogen and oxygen atoms in total. The molecule has 0 spiro atoms.